The Balaban J connectivity index is 1.60. The van der Waals surface area contributed by atoms with Gasteiger partial charge in [0, 0.05) is 22.8 Å². The minimum atomic E-state index is 0.219. The number of para-hydroxylation sites is 1. The summed E-state index contributed by atoms with van der Waals surface area (Å²) in [7, 11) is 2.40. The van der Waals surface area contributed by atoms with Crippen LogP contribution in [0.2, 0.25) is 6.32 Å². The molecule has 4 aromatic carbocycles. The van der Waals surface area contributed by atoms with Gasteiger partial charge in [0.25, 0.3) is 0 Å². The molecule has 1 aromatic heterocycles. The summed E-state index contributed by atoms with van der Waals surface area (Å²) in [5.74, 6) is 0. The van der Waals surface area contributed by atoms with Gasteiger partial charge in [0.1, 0.15) is 0 Å². The van der Waals surface area contributed by atoms with Gasteiger partial charge in [-0.2, -0.15) is 0 Å². The molecule has 1 radical (unpaired) electrons. The average Bonchev–Trinajstić information content (AvgIpc) is 3.27. The zero-order valence-electron chi connectivity index (χ0n) is 22.1. The highest BCUT2D eigenvalue weighted by atomic mass is 15.0. The van der Waals surface area contributed by atoms with E-state index in [0.29, 0.717) is 0 Å². The van der Waals surface area contributed by atoms with Crippen LogP contribution in [-0.2, 0) is 0 Å². The van der Waals surface area contributed by atoms with Crippen molar-refractivity contribution < 1.29 is 0 Å². The molecule has 2 heteroatoms. The van der Waals surface area contributed by atoms with Crippen molar-refractivity contribution in [3.8, 4) is 27.9 Å². The van der Waals surface area contributed by atoms with Gasteiger partial charge < -0.3 is 4.57 Å². The fourth-order valence-electron chi connectivity index (χ4n) is 4.58. The van der Waals surface area contributed by atoms with E-state index in [-0.39, 0.29) is 10.8 Å². The summed E-state index contributed by atoms with van der Waals surface area (Å²) in [5.41, 5.74) is 9.14. The first-order chi connectivity index (χ1) is 17.2. The number of benzene rings is 4. The number of nitrogens with zero attached hydrogens (tertiary/aromatic N) is 1. The monoisotopic (exact) mass is 468 g/mol. The van der Waals surface area contributed by atoms with Gasteiger partial charge in [-0.3, -0.25) is 0 Å². The van der Waals surface area contributed by atoms with E-state index in [1.54, 1.807) is 0 Å². The van der Waals surface area contributed by atoms with Crippen molar-refractivity contribution in [2.45, 2.75) is 40.9 Å². The first kappa shape index (κ1) is 24.2. The Morgan fingerprint density at radius 1 is 0.639 bits per heavy atom. The zero-order chi connectivity index (χ0) is 25.3. The highest BCUT2D eigenvalue weighted by Crippen LogP contribution is 2.41. The van der Waals surface area contributed by atoms with E-state index in [4.69, 9.17) is 0 Å². The van der Waals surface area contributed by atoms with Crippen molar-refractivity contribution in [3.63, 3.8) is 0 Å². The van der Waals surface area contributed by atoms with Crippen molar-refractivity contribution in [1.82, 2.24) is 4.57 Å². The van der Waals surface area contributed by atoms with Crippen LogP contribution in [-0.4, -0.2) is 11.8 Å². The Labute approximate surface area is 217 Å². The van der Waals surface area contributed by atoms with Crippen LogP contribution in [0.1, 0.15) is 34.6 Å². The Morgan fingerprint density at radius 3 is 2.00 bits per heavy atom. The second-order valence-corrected chi connectivity index (χ2v) is 11.5. The fraction of sp³-hybridized carbons (Fsp3) is 0.235. The average molecular weight is 468 g/mol. The molecular formula is C34H35BN. The van der Waals surface area contributed by atoms with E-state index >= 15 is 0 Å². The molecule has 36 heavy (non-hydrogen) atoms. The van der Waals surface area contributed by atoms with Crippen LogP contribution < -0.4 is 5.46 Å². The maximum Gasteiger partial charge on any atom is 0.152 e. The lowest BCUT2D eigenvalue weighted by Crippen LogP contribution is -2.33. The topological polar surface area (TPSA) is 4.93 Å². The van der Waals surface area contributed by atoms with Crippen molar-refractivity contribution in [1.29, 1.82) is 0 Å². The van der Waals surface area contributed by atoms with Crippen LogP contribution in [0.3, 0.4) is 0 Å². The molecule has 1 heterocycles. The second-order valence-electron chi connectivity index (χ2n) is 11.5. The Hall–Kier alpha value is -3.52. The molecular weight excluding hydrogens is 433 g/mol. The van der Waals surface area contributed by atoms with Crippen molar-refractivity contribution in [2.24, 2.45) is 10.8 Å². The summed E-state index contributed by atoms with van der Waals surface area (Å²) in [4.78, 5) is 0. The maximum atomic E-state index is 2.40. The molecule has 0 fully saturated rings. The number of hydrogen-bond donors (Lipinski definition) is 0. The van der Waals surface area contributed by atoms with Gasteiger partial charge in [-0.05, 0) is 51.8 Å². The SMILES string of the molecule is CC(C)(C)C(C)(C)C[B]c1cccc(-c2cn(-c3ccccc3)c3ccc(-c4ccccc4)cc23)c1. The highest BCUT2D eigenvalue weighted by molar-refractivity contribution is 6.53. The van der Waals surface area contributed by atoms with Crippen LogP contribution in [0.4, 0.5) is 0 Å². The first-order valence-electron chi connectivity index (χ1n) is 12.9. The van der Waals surface area contributed by atoms with Gasteiger partial charge >= 0.3 is 0 Å². The van der Waals surface area contributed by atoms with Crippen molar-refractivity contribution in [3.05, 3.63) is 109 Å². The largest absolute Gasteiger partial charge is 0.316 e. The predicted octanol–water partition coefficient (Wildman–Crippen LogP) is 8.78. The standard InChI is InChI=1S/C34H35BN/c1-33(2,3)34(4,5)24-35-28-16-12-15-27(21-28)31-23-36(29-17-10-7-11-18-29)32-20-19-26(22-30(31)32)25-13-8-6-9-14-25/h6-23H,24H2,1-5H3. The number of hydrogen-bond acceptors (Lipinski definition) is 0. The first-order valence-corrected chi connectivity index (χ1v) is 12.9. The van der Waals surface area contributed by atoms with E-state index in [1.807, 2.05) is 0 Å². The smallest absolute Gasteiger partial charge is 0.152 e. The molecule has 0 aliphatic carbocycles. The molecule has 5 rings (SSSR count). The molecule has 179 valence electrons. The maximum absolute atomic E-state index is 2.40. The third-order valence-electron chi connectivity index (χ3n) is 8.02. The van der Waals surface area contributed by atoms with Gasteiger partial charge in [0.15, 0.2) is 7.28 Å². The van der Waals surface area contributed by atoms with E-state index in [2.05, 4.69) is 156 Å². The Morgan fingerprint density at radius 2 is 1.31 bits per heavy atom. The van der Waals surface area contributed by atoms with E-state index in [0.717, 1.165) is 6.32 Å². The van der Waals surface area contributed by atoms with Crippen LogP contribution >= 0.6 is 0 Å². The molecule has 5 aromatic rings. The molecule has 0 spiro atoms. The summed E-state index contributed by atoms with van der Waals surface area (Å²) in [5, 5.41) is 1.27. The zero-order valence-corrected chi connectivity index (χ0v) is 22.1. The summed E-state index contributed by atoms with van der Waals surface area (Å²) in [6.07, 6.45) is 3.34. The molecule has 0 N–H and O–H groups in total. The summed E-state index contributed by atoms with van der Waals surface area (Å²) < 4.78 is 2.32. The van der Waals surface area contributed by atoms with Gasteiger partial charge in [-0.15, -0.1) is 0 Å². The molecule has 0 aliphatic heterocycles. The highest BCUT2D eigenvalue weighted by Gasteiger charge is 2.32. The van der Waals surface area contributed by atoms with Crippen molar-refractivity contribution in [2.75, 3.05) is 0 Å². The molecule has 0 bridgehead atoms. The van der Waals surface area contributed by atoms with E-state index < -0.39 is 0 Å². The Kier molecular flexibility index (Phi) is 6.39. The number of rotatable bonds is 6. The van der Waals surface area contributed by atoms with Gasteiger partial charge in [-0.25, -0.2) is 0 Å². The van der Waals surface area contributed by atoms with Gasteiger partial charge in [0.05, 0.1) is 5.52 Å². The van der Waals surface area contributed by atoms with E-state index in [1.165, 1.54) is 44.3 Å². The van der Waals surface area contributed by atoms with Crippen LogP contribution in [0.15, 0.2) is 109 Å². The minimum absolute atomic E-state index is 0.219. The molecule has 0 atom stereocenters. The van der Waals surface area contributed by atoms with E-state index in [9.17, 15) is 0 Å². The third kappa shape index (κ3) is 4.78. The lowest BCUT2D eigenvalue weighted by Gasteiger charge is -2.39. The second kappa shape index (κ2) is 9.50. The van der Waals surface area contributed by atoms with Gasteiger partial charge in [-0.1, -0.05) is 125 Å². The molecule has 0 saturated heterocycles. The molecule has 0 saturated carbocycles. The summed E-state index contributed by atoms with van der Waals surface area (Å²) in [6, 6.07) is 37.1. The van der Waals surface area contributed by atoms with Crippen LogP contribution in [0.5, 0.6) is 0 Å². The van der Waals surface area contributed by atoms with Crippen LogP contribution in [0, 0.1) is 10.8 Å². The normalized spacial score (nSPS) is 12.1. The number of fused-ring (bicyclic) bond motifs is 1. The Bertz CT molecular complexity index is 1470. The molecule has 0 aliphatic rings. The molecule has 1 nitrogen and oxygen atoms in total. The summed E-state index contributed by atoms with van der Waals surface area (Å²) in [6.45, 7) is 11.7. The lowest BCUT2D eigenvalue weighted by molar-refractivity contribution is 0.157. The fourth-order valence-corrected chi connectivity index (χ4v) is 4.58. The van der Waals surface area contributed by atoms with Crippen LogP contribution in [0.25, 0.3) is 38.8 Å². The quantitative estimate of drug-likeness (QED) is 0.220. The third-order valence-corrected chi connectivity index (χ3v) is 8.02. The van der Waals surface area contributed by atoms with Gasteiger partial charge in [0.2, 0.25) is 0 Å². The minimum Gasteiger partial charge on any atom is -0.316 e. The number of aromatic nitrogens is 1. The summed E-state index contributed by atoms with van der Waals surface area (Å²) >= 11 is 0. The van der Waals surface area contributed by atoms with Crippen molar-refractivity contribution >= 4 is 23.6 Å². The lowest BCUT2D eigenvalue weighted by atomic mass is 9.53. The molecule has 0 amide bonds. The molecule has 0 unspecified atom stereocenters. The predicted molar refractivity (Wildman–Crippen MR) is 158 cm³/mol.